The number of nitrogens with zero attached hydrogens (tertiary/aromatic N) is 4. The molecule has 0 N–H and O–H groups in total. The Hall–Kier alpha value is -5.58. The number of rotatable bonds is 4. The third-order valence-corrected chi connectivity index (χ3v) is 6.67. The molecule has 4 heteroatoms. The summed E-state index contributed by atoms with van der Waals surface area (Å²) in [5.74, 6) is 0.389. The Morgan fingerprint density at radius 1 is 0.553 bits per heavy atom. The normalized spacial score (nSPS) is 10.6. The zero-order chi connectivity index (χ0) is 25.9. The minimum Gasteiger partial charge on any atom is -0.361 e. The molecule has 38 heavy (non-hydrogen) atoms. The Bertz CT molecular complexity index is 1770. The zero-order valence-electron chi connectivity index (χ0n) is 20.3. The summed E-state index contributed by atoms with van der Waals surface area (Å²) in [6, 6.07) is 39.3. The van der Waals surface area contributed by atoms with E-state index < -0.39 is 0 Å². The molecule has 0 aliphatic heterocycles. The molecule has 0 radical (unpaired) electrons. The highest BCUT2D eigenvalue weighted by atomic mass is 14.8. The lowest BCUT2D eigenvalue weighted by Crippen LogP contribution is -1.88. The van der Waals surface area contributed by atoms with Crippen LogP contribution in [0.1, 0.15) is 5.69 Å². The van der Waals surface area contributed by atoms with Crippen molar-refractivity contribution in [3.63, 3.8) is 0 Å². The molecule has 0 atom stereocenters. The molecule has 0 aliphatic rings. The molecule has 0 bridgehead atoms. The smallest absolute Gasteiger partial charge is 0.270 e. The summed E-state index contributed by atoms with van der Waals surface area (Å²) < 4.78 is 0. The van der Waals surface area contributed by atoms with Crippen molar-refractivity contribution in [1.82, 2.24) is 9.97 Å². The number of hydrogen-bond acceptors (Lipinski definition) is 3. The van der Waals surface area contributed by atoms with Gasteiger partial charge in [-0.05, 0) is 91.7 Å². The average Bonchev–Trinajstić information content (AvgIpc) is 3.00. The molecule has 2 aromatic heterocycles. The molecule has 0 amide bonds. The first kappa shape index (κ1) is 22.9. The van der Waals surface area contributed by atoms with Crippen LogP contribution in [-0.4, -0.2) is 9.97 Å². The number of aromatic nitrogens is 2. The first-order valence-electron chi connectivity index (χ1n) is 12.2. The number of pyridine rings is 2. The van der Waals surface area contributed by atoms with E-state index in [2.05, 4.69) is 106 Å². The Balaban J connectivity index is 1.45. The van der Waals surface area contributed by atoms with Crippen molar-refractivity contribution in [2.75, 3.05) is 0 Å². The van der Waals surface area contributed by atoms with Crippen LogP contribution in [-0.2, 0) is 0 Å². The van der Waals surface area contributed by atoms with Crippen molar-refractivity contribution in [3.05, 3.63) is 139 Å². The third kappa shape index (κ3) is 4.28. The van der Waals surface area contributed by atoms with Gasteiger partial charge in [0.1, 0.15) is 18.0 Å². The van der Waals surface area contributed by atoms with Crippen molar-refractivity contribution < 1.29 is 0 Å². The summed E-state index contributed by atoms with van der Waals surface area (Å²) >= 11 is 0. The Morgan fingerprint density at radius 2 is 1.05 bits per heavy atom. The Kier molecular flexibility index (Phi) is 5.91. The predicted octanol–water partition coefficient (Wildman–Crippen LogP) is 8.72. The molecule has 0 fully saturated rings. The standard InChI is InChI=1S/C34H20N4/c1-36-34-21-26(15-17-38-34)24-7-3-9-28(19-24)31-11-5-12-32-30(10-4-13-33(31)32)27-8-2-6-23(18-27)25-14-16-37-29(20-25)22-35/h2-21H. The maximum atomic E-state index is 9.26. The molecule has 0 aliphatic carbocycles. The second-order valence-electron chi connectivity index (χ2n) is 8.92. The minimum absolute atomic E-state index is 0.389. The summed E-state index contributed by atoms with van der Waals surface area (Å²) in [4.78, 5) is 11.7. The summed E-state index contributed by atoms with van der Waals surface area (Å²) in [5.41, 5.74) is 8.95. The molecule has 0 saturated heterocycles. The number of fused-ring (bicyclic) bond motifs is 1. The van der Waals surface area contributed by atoms with E-state index in [4.69, 9.17) is 6.57 Å². The zero-order valence-corrected chi connectivity index (χ0v) is 20.3. The van der Waals surface area contributed by atoms with Crippen LogP contribution >= 0.6 is 0 Å². The highest BCUT2D eigenvalue weighted by Crippen LogP contribution is 2.37. The molecule has 6 rings (SSSR count). The van der Waals surface area contributed by atoms with Crippen LogP contribution in [0, 0.1) is 17.9 Å². The van der Waals surface area contributed by atoms with Gasteiger partial charge in [-0.25, -0.2) is 4.98 Å². The first-order chi connectivity index (χ1) is 18.7. The highest BCUT2D eigenvalue weighted by molar-refractivity contribution is 6.05. The van der Waals surface area contributed by atoms with Crippen LogP contribution < -0.4 is 0 Å². The molecule has 0 unspecified atom stereocenters. The van der Waals surface area contributed by atoms with Crippen LogP contribution in [0.4, 0.5) is 5.82 Å². The van der Waals surface area contributed by atoms with Crippen molar-refractivity contribution in [2.24, 2.45) is 0 Å². The van der Waals surface area contributed by atoms with E-state index in [0.29, 0.717) is 11.5 Å². The maximum absolute atomic E-state index is 9.26. The van der Waals surface area contributed by atoms with Gasteiger partial charge in [0.25, 0.3) is 5.82 Å². The van der Waals surface area contributed by atoms with Crippen molar-refractivity contribution >= 4 is 16.6 Å². The van der Waals surface area contributed by atoms with Crippen molar-refractivity contribution in [3.8, 4) is 50.6 Å². The topological polar surface area (TPSA) is 53.9 Å². The Labute approximate surface area is 221 Å². The van der Waals surface area contributed by atoms with E-state index in [-0.39, 0.29) is 0 Å². The minimum atomic E-state index is 0.389. The molecule has 0 saturated carbocycles. The van der Waals surface area contributed by atoms with E-state index in [9.17, 15) is 5.26 Å². The largest absolute Gasteiger partial charge is 0.361 e. The van der Waals surface area contributed by atoms with Crippen molar-refractivity contribution in [2.45, 2.75) is 0 Å². The molecular formula is C34H20N4. The van der Waals surface area contributed by atoms with E-state index in [1.165, 1.54) is 10.8 Å². The fraction of sp³-hybridized carbons (Fsp3) is 0. The third-order valence-electron chi connectivity index (χ3n) is 6.67. The highest BCUT2D eigenvalue weighted by Gasteiger charge is 2.11. The molecule has 2 heterocycles. The monoisotopic (exact) mass is 484 g/mol. The van der Waals surface area contributed by atoms with Gasteiger partial charge in [0, 0.05) is 6.20 Å². The van der Waals surface area contributed by atoms with Gasteiger partial charge < -0.3 is 4.85 Å². The number of hydrogen-bond donors (Lipinski definition) is 0. The fourth-order valence-corrected chi connectivity index (χ4v) is 4.88. The van der Waals surface area contributed by atoms with Crippen LogP contribution in [0.2, 0.25) is 0 Å². The lowest BCUT2D eigenvalue weighted by molar-refractivity contribution is 1.26. The van der Waals surface area contributed by atoms with Gasteiger partial charge in [0.15, 0.2) is 0 Å². The molecule has 6 aromatic rings. The van der Waals surface area contributed by atoms with Crippen molar-refractivity contribution in [1.29, 1.82) is 5.26 Å². The van der Waals surface area contributed by atoms with Gasteiger partial charge >= 0.3 is 0 Å². The lowest BCUT2D eigenvalue weighted by Gasteiger charge is -2.13. The molecule has 0 spiro atoms. The Morgan fingerprint density at radius 3 is 1.63 bits per heavy atom. The van der Waals surface area contributed by atoms with Gasteiger partial charge in [-0.3, -0.25) is 0 Å². The van der Waals surface area contributed by atoms with Gasteiger partial charge in [-0.2, -0.15) is 5.26 Å². The quantitative estimate of drug-likeness (QED) is 0.235. The average molecular weight is 485 g/mol. The SMILES string of the molecule is [C-]#[N+]c1cc(-c2cccc(-c3cccc4c(-c5cccc(-c6ccnc(C#N)c6)c5)cccc34)c2)ccn1. The van der Waals surface area contributed by atoms with Gasteiger partial charge in [-0.15, -0.1) is 4.98 Å². The van der Waals surface area contributed by atoms with E-state index in [0.717, 1.165) is 44.5 Å². The number of benzene rings is 4. The second kappa shape index (κ2) is 9.82. The summed E-state index contributed by atoms with van der Waals surface area (Å²) in [6.07, 6.45) is 3.36. The van der Waals surface area contributed by atoms with E-state index in [1.807, 2.05) is 24.3 Å². The maximum Gasteiger partial charge on any atom is 0.270 e. The number of nitriles is 1. The summed E-state index contributed by atoms with van der Waals surface area (Å²) in [7, 11) is 0. The molecule has 4 nitrogen and oxygen atoms in total. The van der Waals surface area contributed by atoms with Crippen LogP contribution in [0.25, 0.3) is 60.1 Å². The predicted molar refractivity (Wildman–Crippen MR) is 152 cm³/mol. The molecular weight excluding hydrogens is 464 g/mol. The second-order valence-corrected chi connectivity index (χ2v) is 8.92. The first-order valence-corrected chi connectivity index (χ1v) is 12.2. The van der Waals surface area contributed by atoms with Gasteiger partial charge in [0.05, 0.1) is 0 Å². The fourth-order valence-electron chi connectivity index (χ4n) is 4.88. The lowest BCUT2D eigenvalue weighted by atomic mass is 9.91. The van der Waals surface area contributed by atoms with Crippen LogP contribution in [0.15, 0.2) is 122 Å². The van der Waals surface area contributed by atoms with Crippen LogP contribution in [0.5, 0.6) is 0 Å². The molecule has 4 aromatic carbocycles. The van der Waals surface area contributed by atoms with E-state index in [1.54, 1.807) is 12.4 Å². The van der Waals surface area contributed by atoms with Crippen LogP contribution in [0.3, 0.4) is 0 Å². The molecule has 176 valence electrons. The van der Waals surface area contributed by atoms with Gasteiger partial charge in [0.2, 0.25) is 0 Å². The summed E-state index contributed by atoms with van der Waals surface area (Å²) in [5, 5.41) is 11.6. The van der Waals surface area contributed by atoms with E-state index >= 15 is 0 Å². The van der Waals surface area contributed by atoms with Gasteiger partial charge in [-0.1, -0.05) is 79.4 Å². The summed E-state index contributed by atoms with van der Waals surface area (Å²) in [6.45, 7) is 7.29.